The molecule has 0 aliphatic carbocycles. The lowest BCUT2D eigenvalue weighted by molar-refractivity contribution is 0.265. The van der Waals surface area contributed by atoms with Gasteiger partial charge in [0.25, 0.3) is 0 Å². The normalized spacial score (nSPS) is 30.3. The first-order chi connectivity index (χ1) is 14.2. The van der Waals surface area contributed by atoms with Crippen LogP contribution in [0, 0.1) is 5.92 Å². The van der Waals surface area contributed by atoms with Crippen molar-refractivity contribution >= 4 is 17.4 Å². The summed E-state index contributed by atoms with van der Waals surface area (Å²) < 4.78 is 0. The highest BCUT2D eigenvalue weighted by Crippen LogP contribution is 2.39. The predicted molar refractivity (Wildman–Crippen MR) is 115 cm³/mol. The number of nitrogens with zero attached hydrogens (tertiary/aromatic N) is 4. The van der Waals surface area contributed by atoms with Crippen molar-refractivity contribution in [3.8, 4) is 0 Å². The molecule has 3 N–H and O–H groups in total. The summed E-state index contributed by atoms with van der Waals surface area (Å²) in [5.41, 5.74) is 9.30. The van der Waals surface area contributed by atoms with Gasteiger partial charge in [0.05, 0.1) is 16.8 Å². The van der Waals surface area contributed by atoms with Gasteiger partial charge in [-0.3, -0.25) is 10.4 Å². The summed E-state index contributed by atoms with van der Waals surface area (Å²) in [5, 5.41) is 4.39. The van der Waals surface area contributed by atoms with Gasteiger partial charge in [0.1, 0.15) is 5.82 Å². The highest BCUT2D eigenvalue weighted by atomic mass is 35.5. The standard InChI is InChI=1S/C21H28ClN7/c1-28-7-9-29(10-8-28)21-16(22)4-5-17(25-21)20-15-11-18(14-3-2-6-23-12-14)24-13-19(15)26-27-20/h2-6,12,15,18-20,24,26-27H,7-11,13H2,1H3. The number of piperazine rings is 1. The quantitative estimate of drug-likeness (QED) is 0.708. The Bertz CT molecular complexity index is 840. The Kier molecular flexibility index (Phi) is 5.41. The smallest absolute Gasteiger partial charge is 0.147 e. The molecule has 154 valence electrons. The second-order valence-corrected chi connectivity index (χ2v) is 8.76. The molecule has 0 saturated carbocycles. The topological polar surface area (TPSA) is 68.3 Å². The van der Waals surface area contributed by atoms with Crippen LogP contribution in [0.3, 0.4) is 0 Å². The van der Waals surface area contributed by atoms with Crippen LogP contribution in [0.15, 0.2) is 36.7 Å². The van der Waals surface area contributed by atoms with E-state index in [2.05, 4.69) is 50.1 Å². The summed E-state index contributed by atoms with van der Waals surface area (Å²) in [6.45, 7) is 4.92. The van der Waals surface area contributed by atoms with Gasteiger partial charge in [-0.15, -0.1) is 0 Å². The van der Waals surface area contributed by atoms with E-state index in [0.717, 1.165) is 55.7 Å². The van der Waals surface area contributed by atoms with Gasteiger partial charge in [-0.2, -0.15) is 0 Å². The van der Waals surface area contributed by atoms with E-state index in [4.69, 9.17) is 16.6 Å². The average Bonchev–Trinajstić information content (AvgIpc) is 3.19. The van der Waals surface area contributed by atoms with E-state index in [1.807, 2.05) is 24.5 Å². The van der Waals surface area contributed by atoms with Gasteiger partial charge >= 0.3 is 0 Å². The molecule has 2 aromatic heterocycles. The van der Waals surface area contributed by atoms with E-state index in [0.29, 0.717) is 18.0 Å². The minimum Gasteiger partial charge on any atom is -0.353 e. The van der Waals surface area contributed by atoms with Gasteiger partial charge in [-0.1, -0.05) is 17.7 Å². The van der Waals surface area contributed by atoms with Crippen molar-refractivity contribution in [3.63, 3.8) is 0 Å². The molecule has 3 fully saturated rings. The molecule has 4 unspecified atom stereocenters. The minimum absolute atomic E-state index is 0.171. The van der Waals surface area contributed by atoms with Gasteiger partial charge in [0.15, 0.2) is 0 Å². The van der Waals surface area contributed by atoms with E-state index >= 15 is 0 Å². The summed E-state index contributed by atoms with van der Waals surface area (Å²) >= 11 is 6.54. The van der Waals surface area contributed by atoms with Crippen LogP contribution >= 0.6 is 11.6 Å². The summed E-state index contributed by atoms with van der Waals surface area (Å²) in [6, 6.07) is 9.12. The fourth-order valence-corrected chi connectivity index (χ4v) is 4.98. The van der Waals surface area contributed by atoms with Crippen LogP contribution in [0.4, 0.5) is 5.82 Å². The van der Waals surface area contributed by atoms with Gasteiger partial charge in [-0.05, 0) is 37.2 Å². The molecule has 0 spiro atoms. The largest absolute Gasteiger partial charge is 0.353 e. The molecule has 3 saturated heterocycles. The lowest BCUT2D eigenvalue weighted by Crippen LogP contribution is -2.46. The number of hydrazine groups is 1. The first-order valence-electron chi connectivity index (χ1n) is 10.4. The van der Waals surface area contributed by atoms with Crippen molar-refractivity contribution in [1.82, 2.24) is 31.0 Å². The molecule has 2 aromatic rings. The van der Waals surface area contributed by atoms with Crippen LogP contribution < -0.4 is 21.1 Å². The van der Waals surface area contributed by atoms with Crippen molar-refractivity contribution in [2.45, 2.75) is 24.5 Å². The van der Waals surface area contributed by atoms with E-state index in [-0.39, 0.29) is 6.04 Å². The maximum Gasteiger partial charge on any atom is 0.147 e. The number of hydrogen-bond donors (Lipinski definition) is 3. The number of hydrogen-bond acceptors (Lipinski definition) is 7. The summed E-state index contributed by atoms with van der Waals surface area (Å²) in [5.74, 6) is 1.37. The van der Waals surface area contributed by atoms with Gasteiger partial charge in [0.2, 0.25) is 0 Å². The third kappa shape index (κ3) is 3.85. The Hall–Kier alpha value is -1.77. The summed E-state index contributed by atoms with van der Waals surface area (Å²) in [4.78, 5) is 14.0. The second-order valence-electron chi connectivity index (χ2n) is 8.35. The van der Waals surface area contributed by atoms with Crippen LogP contribution in [0.5, 0.6) is 0 Å². The third-order valence-electron chi connectivity index (χ3n) is 6.52. The Morgan fingerprint density at radius 1 is 1.10 bits per heavy atom. The van der Waals surface area contributed by atoms with Crippen molar-refractivity contribution in [2.75, 3.05) is 44.7 Å². The number of halogens is 1. The zero-order valence-electron chi connectivity index (χ0n) is 16.7. The molecule has 0 aromatic carbocycles. The molecule has 29 heavy (non-hydrogen) atoms. The number of anilines is 1. The lowest BCUT2D eigenvalue weighted by atomic mass is 9.81. The molecule has 0 bridgehead atoms. The Balaban J connectivity index is 1.37. The van der Waals surface area contributed by atoms with Crippen LogP contribution in [0.1, 0.15) is 29.8 Å². The van der Waals surface area contributed by atoms with Crippen LogP contribution in [-0.4, -0.2) is 60.7 Å². The average molecular weight is 414 g/mol. The summed E-state index contributed by atoms with van der Waals surface area (Å²) in [6.07, 6.45) is 4.83. The molecule has 3 aliphatic rings. The minimum atomic E-state index is 0.171. The zero-order chi connectivity index (χ0) is 19.8. The third-order valence-corrected chi connectivity index (χ3v) is 6.81. The Morgan fingerprint density at radius 2 is 1.97 bits per heavy atom. The fourth-order valence-electron chi connectivity index (χ4n) is 4.76. The van der Waals surface area contributed by atoms with Crippen molar-refractivity contribution in [3.05, 3.63) is 52.9 Å². The first kappa shape index (κ1) is 19.2. The molecule has 7 nitrogen and oxygen atoms in total. The molecular weight excluding hydrogens is 386 g/mol. The molecular formula is C21H28ClN7. The van der Waals surface area contributed by atoms with Crippen molar-refractivity contribution in [2.24, 2.45) is 5.92 Å². The van der Waals surface area contributed by atoms with E-state index < -0.39 is 0 Å². The molecule has 0 amide bonds. The molecule has 5 heterocycles. The van der Waals surface area contributed by atoms with Crippen LogP contribution in [0.2, 0.25) is 5.02 Å². The number of likely N-dealkylation sites (N-methyl/N-ethyl adjacent to an activating group) is 1. The first-order valence-corrected chi connectivity index (χ1v) is 10.8. The maximum atomic E-state index is 6.54. The van der Waals surface area contributed by atoms with Gasteiger partial charge in [0, 0.05) is 63.1 Å². The van der Waals surface area contributed by atoms with E-state index in [9.17, 15) is 0 Å². The highest BCUT2D eigenvalue weighted by Gasteiger charge is 2.42. The molecule has 4 atom stereocenters. The predicted octanol–water partition coefficient (Wildman–Crippen LogP) is 1.75. The number of nitrogens with one attached hydrogen (secondary N) is 3. The monoisotopic (exact) mass is 413 g/mol. The van der Waals surface area contributed by atoms with E-state index in [1.54, 1.807) is 0 Å². The highest BCUT2D eigenvalue weighted by molar-refractivity contribution is 6.32. The molecule has 3 aliphatic heterocycles. The second kappa shape index (κ2) is 8.16. The molecule has 5 rings (SSSR count). The van der Waals surface area contributed by atoms with E-state index in [1.165, 1.54) is 5.56 Å². The molecule has 0 radical (unpaired) electrons. The number of fused-ring (bicyclic) bond motifs is 1. The number of aromatic nitrogens is 2. The van der Waals surface area contributed by atoms with Crippen molar-refractivity contribution in [1.29, 1.82) is 0 Å². The zero-order valence-corrected chi connectivity index (χ0v) is 17.4. The number of piperidine rings is 1. The van der Waals surface area contributed by atoms with Gasteiger partial charge < -0.3 is 15.1 Å². The SMILES string of the molecule is CN1CCN(c2nc(C3NNC4CNC(c5cccnc5)CC43)ccc2Cl)CC1. The lowest BCUT2D eigenvalue weighted by Gasteiger charge is -2.35. The van der Waals surface area contributed by atoms with Gasteiger partial charge in [-0.25, -0.2) is 10.4 Å². The number of rotatable bonds is 3. The van der Waals surface area contributed by atoms with Crippen LogP contribution in [-0.2, 0) is 0 Å². The van der Waals surface area contributed by atoms with Crippen molar-refractivity contribution < 1.29 is 0 Å². The number of pyridine rings is 2. The molecule has 8 heteroatoms. The Labute approximate surface area is 176 Å². The van der Waals surface area contributed by atoms with Crippen LogP contribution in [0.25, 0.3) is 0 Å². The Morgan fingerprint density at radius 3 is 2.76 bits per heavy atom. The fraction of sp³-hybridized carbons (Fsp3) is 0.524. The summed E-state index contributed by atoms with van der Waals surface area (Å²) in [7, 11) is 2.16. The maximum absolute atomic E-state index is 6.54.